The highest BCUT2D eigenvalue weighted by Gasteiger charge is 2.75. The lowest BCUT2D eigenvalue weighted by atomic mass is 9.74. The Labute approximate surface area is 243 Å². The Morgan fingerprint density at radius 1 is 1.00 bits per heavy atom. The number of carbonyl (C=O) groups excluding carboxylic acids is 3. The van der Waals surface area contributed by atoms with E-state index in [1.165, 1.54) is 4.90 Å². The van der Waals surface area contributed by atoms with E-state index in [0.29, 0.717) is 19.4 Å². The molecule has 5 rings (SSSR count). The van der Waals surface area contributed by atoms with Crippen LogP contribution in [0.1, 0.15) is 59.9 Å². The van der Waals surface area contributed by atoms with Gasteiger partial charge in [0.05, 0.1) is 30.8 Å². The number of ether oxygens (including phenoxy) is 2. The van der Waals surface area contributed by atoms with Crippen molar-refractivity contribution in [2.75, 3.05) is 19.8 Å². The van der Waals surface area contributed by atoms with Crippen molar-refractivity contribution >= 4 is 17.8 Å². The summed E-state index contributed by atoms with van der Waals surface area (Å²) in [7, 11) is 0. The maximum absolute atomic E-state index is 14.8. The zero-order chi connectivity index (χ0) is 29.8. The first-order valence-corrected chi connectivity index (χ1v) is 14.7. The summed E-state index contributed by atoms with van der Waals surface area (Å²) in [6, 6.07) is 7.88. The lowest BCUT2D eigenvalue weighted by molar-refractivity contribution is -0.163. The van der Waals surface area contributed by atoms with E-state index in [1.54, 1.807) is 6.92 Å². The van der Waals surface area contributed by atoms with Crippen LogP contribution in [0.5, 0.6) is 0 Å². The average molecular weight is 565 g/mol. The Hall–Kier alpha value is -2.97. The van der Waals surface area contributed by atoms with Gasteiger partial charge in [-0.3, -0.25) is 14.4 Å². The molecule has 2 saturated heterocycles. The van der Waals surface area contributed by atoms with Crippen LogP contribution >= 0.6 is 0 Å². The Morgan fingerprint density at radius 2 is 1.71 bits per heavy atom. The van der Waals surface area contributed by atoms with E-state index >= 15 is 0 Å². The SMILES string of the molecule is CC(C)(C)CC(C)(C)N1CC=C[C@]23O[C@@]4(C)C=CCCOC(=O)[C@H]4[C@H]2C(=O)N([C@@H](CO)Cc2ccccc2)C3C1=O. The molecule has 1 aromatic carbocycles. The molecule has 4 heterocycles. The molecule has 1 N–H and O–H groups in total. The number of likely N-dealkylation sites (tertiary alicyclic amines) is 1. The van der Waals surface area contributed by atoms with Gasteiger partial charge in [-0.2, -0.15) is 0 Å². The lowest BCUT2D eigenvalue weighted by Crippen LogP contribution is -2.62. The molecule has 0 bridgehead atoms. The van der Waals surface area contributed by atoms with Crippen molar-refractivity contribution in [2.24, 2.45) is 17.3 Å². The first-order chi connectivity index (χ1) is 19.2. The first kappa shape index (κ1) is 29.5. The molecule has 1 unspecified atom stereocenters. The molecule has 2 fully saturated rings. The first-order valence-electron chi connectivity index (χ1n) is 14.7. The number of carbonyl (C=O) groups is 3. The van der Waals surface area contributed by atoms with Gasteiger partial charge < -0.3 is 24.4 Å². The van der Waals surface area contributed by atoms with Gasteiger partial charge in [-0.25, -0.2) is 0 Å². The number of nitrogens with zero attached hydrogens (tertiary/aromatic N) is 2. The van der Waals surface area contributed by atoms with E-state index in [4.69, 9.17) is 9.47 Å². The summed E-state index contributed by atoms with van der Waals surface area (Å²) >= 11 is 0. The molecule has 2 amide bonds. The zero-order valence-corrected chi connectivity index (χ0v) is 25.1. The Balaban J connectivity index is 1.66. The van der Waals surface area contributed by atoms with E-state index in [1.807, 2.05) is 59.5 Å². The van der Waals surface area contributed by atoms with Crippen molar-refractivity contribution in [3.63, 3.8) is 0 Å². The maximum atomic E-state index is 14.8. The third-order valence-electron chi connectivity index (χ3n) is 9.07. The number of amides is 2. The fraction of sp³-hybridized carbons (Fsp3) is 0.606. The van der Waals surface area contributed by atoms with E-state index in [2.05, 4.69) is 34.6 Å². The van der Waals surface area contributed by atoms with E-state index in [9.17, 15) is 19.5 Å². The van der Waals surface area contributed by atoms with Crippen molar-refractivity contribution in [3.8, 4) is 0 Å². The normalized spacial score (nSPS) is 32.6. The monoisotopic (exact) mass is 564 g/mol. The van der Waals surface area contributed by atoms with Crippen molar-refractivity contribution in [3.05, 3.63) is 60.2 Å². The highest BCUT2D eigenvalue weighted by atomic mass is 16.6. The fourth-order valence-corrected chi connectivity index (χ4v) is 7.90. The minimum atomic E-state index is -1.39. The fourth-order valence-electron chi connectivity index (χ4n) is 7.90. The van der Waals surface area contributed by atoms with E-state index in [0.717, 1.165) is 12.0 Å². The second-order valence-electron chi connectivity index (χ2n) is 14.0. The Bertz CT molecular complexity index is 1250. The average Bonchev–Trinajstić information content (AvgIpc) is 3.20. The van der Waals surface area contributed by atoms with E-state index in [-0.39, 0.29) is 30.4 Å². The number of benzene rings is 1. The molecule has 4 aliphatic heterocycles. The number of rotatable bonds is 6. The number of esters is 1. The number of aliphatic hydroxyl groups is 1. The van der Waals surface area contributed by atoms with Gasteiger partial charge in [0.25, 0.3) is 0 Å². The smallest absolute Gasteiger partial charge is 0.313 e. The minimum absolute atomic E-state index is 0.0521. The van der Waals surface area contributed by atoms with Crippen LogP contribution in [0, 0.1) is 17.3 Å². The molecule has 1 aromatic rings. The minimum Gasteiger partial charge on any atom is -0.465 e. The molecule has 0 saturated carbocycles. The Kier molecular flexibility index (Phi) is 7.48. The van der Waals surface area contributed by atoms with Crippen LogP contribution in [0.15, 0.2) is 54.6 Å². The van der Waals surface area contributed by atoms with Crippen molar-refractivity contribution < 1.29 is 29.0 Å². The van der Waals surface area contributed by atoms with Crippen LogP contribution in [0.25, 0.3) is 0 Å². The molecule has 41 heavy (non-hydrogen) atoms. The molecule has 8 nitrogen and oxygen atoms in total. The van der Waals surface area contributed by atoms with Crippen LogP contribution < -0.4 is 0 Å². The largest absolute Gasteiger partial charge is 0.465 e. The van der Waals surface area contributed by atoms with Crippen LogP contribution in [0.3, 0.4) is 0 Å². The van der Waals surface area contributed by atoms with Gasteiger partial charge in [0, 0.05) is 12.1 Å². The van der Waals surface area contributed by atoms with Crippen molar-refractivity contribution in [2.45, 2.75) is 89.6 Å². The molecule has 0 radical (unpaired) electrons. The number of aliphatic hydroxyl groups excluding tert-OH is 1. The van der Waals surface area contributed by atoms with Crippen molar-refractivity contribution in [1.29, 1.82) is 0 Å². The predicted molar refractivity (Wildman–Crippen MR) is 155 cm³/mol. The molecule has 4 aliphatic rings. The quantitative estimate of drug-likeness (QED) is 0.418. The Morgan fingerprint density at radius 3 is 2.37 bits per heavy atom. The lowest BCUT2D eigenvalue weighted by Gasteiger charge is -2.45. The van der Waals surface area contributed by atoms with Gasteiger partial charge in [0.2, 0.25) is 11.8 Å². The maximum Gasteiger partial charge on any atom is 0.313 e. The molecule has 1 spiro atoms. The van der Waals surface area contributed by atoms with Gasteiger partial charge >= 0.3 is 5.97 Å². The molecule has 8 heteroatoms. The summed E-state index contributed by atoms with van der Waals surface area (Å²) in [4.78, 5) is 46.4. The van der Waals surface area contributed by atoms with Gasteiger partial charge in [-0.15, -0.1) is 0 Å². The highest BCUT2D eigenvalue weighted by Crippen LogP contribution is 2.58. The van der Waals surface area contributed by atoms with Crippen LogP contribution in [0.2, 0.25) is 0 Å². The summed E-state index contributed by atoms with van der Waals surface area (Å²) in [5, 5.41) is 10.7. The standard InChI is InChI=1S/C33H44N2O6/c1-30(2,3)21-31(4,5)34-17-12-16-33-24(25-29(39)40-18-11-10-15-32(25,6)41-33)27(37)35(26(33)28(34)38)23(20-36)19-22-13-8-7-9-14-22/h7-10,12-16,23-26,36H,11,17-21H2,1-6H3/t23-,24+,25-,26?,32+,33+/m1/s1. The highest BCUT2D eigenvalue weighted by molar-refractivity contribution is 5.99. The van der Waals surface area contributed by atoms with Crippen molar-refractivity contribution in [1.82, 2.24) is 9.80 Å². The third kappa shape index (κ3) is 5.03. The van der Waals surface area contributed by atoms with Crippen LogP contribution in [0.4, 0.5) is 0 Å². The molecule has 6 atom stereocenters. The molecular formula is C33H44N2O6. The molecular weight excluding hydrogens is 520 g/mol. The zero-order valence-electron chi connectivity index (χ0n) is 25.1. The number of cyclic esters (lactones) is 1. The summed E-state index contributed by atoms with van der Waals surface area (Å²) in [5.41, 5.74) is -2.17. The molecule has 0 aliphatic carbocycles. The predicted octanol–water partition coefficient (Wildman–Crippen LogP) is 3.68. The molecule has 222 valence electrons. The van der Waals surface area contributed by atoms with Crippen LogP contribution in [-0.4, -0.2) is 81.3 Å². The van der Waals surface area contributed by atoms with E-state index < -0.39 is 46.6 Å². The topological polar surface area (TPSA) is 96.4 Å². The van der Waals surface area contributed by atoms with Crippen LogP contribution in [-0.2, 0) is 30.3 Å². The van der Waals surface area contributed by atoms with Gasteiger partial charge in [-0.1, -0.05) is 75.4 Å². The summed E-state index contributed by atoms with van der Waals surface area (Å²) in [6.07, 6.45) is 9.18. The second-order valence-corrected chi connectivity index (χ2v) is 14.0. The number of hydrogen-bond donors (Lipinski definition) is 1. The molecule has 0 aromatic heterocycles. The summed E-state index contributed by atoms with van der Waals surface area (Å²) in [5.74, 6) is -2.99. The third-order valence-corrected chi connectivity index (χ3v) is 9.07. The van der Waals surface area contributed by atoms with Gasteiger partial charge in [-0.05, 0) is 51.0 Å². The van der Waals surface area contributed by atoms with Gasteiger partial charge in [0.15, 0.2) is 0 Å². The number of hydrogen-bond acceptors (Lipinski definition) is 6. The number of fused-ring (bicyclic) bond motifs is 2. The van der Waals surface area contributed by atoms with Gasteiger partial charge in [0.1, 0.15) is 17.6 Å². The summed E-state index contributed by atoms with van der Waals surface area (Å²) < 4.78 is 12.5. The second kappa shape index (κ2) is 10.4. The summed E-state index contributed by atoms with van der Waals surface area (Å²) in [6.45, 7) is 12.6.